The van der Waals surface area contributed by atoms with E-state index in [1.54, 1.807) is 7.11 Å². The summed E-state index contributed by atoms with van der Waals surface area (Å²) >= 11 is 1.82. The minimum atomic E-state index is 0.666. The highest BCUT2D eigenvalue weighted by atomic mass is 32.2. The monoisotopic (exact) mass is 295 g/mol. The van der Waals surface area contributed by atoms with E-state index in [1.807, 2.05) is 24.8 Å². The van der Waals surface area contributed by atoms with E-state index in [1.165, 1.54) is 5.56 Å². The number of nitrogens with zero attached hydrogens (tertiary/aromatic N) is 1. The summed E-state index contributed by atoms with van der Waals surface area (Å²) in [5.74, 6) is 2.87. The lowest BCUT2D eigenvalue weighted by atomic mass is 10.1. The summed E-state index contributed by atoms with van der Waals surface area (Å²) in [6.07, 6.45) is 2.10. The molecule has 0 fully saturated rings. The molecule has 1 aromatic rings. The van der Waals surface area contributed by atoms with E-state index < -0.39 is 0 Å². The maximum Gasteiger partial charge on any atom is 0.191 e. The van der Waals surface area contributed by atoms with Crippen LogP contribution >= 0.6 is 11.8 Å². The van der Waals surface area contributed by atoms with Crippen LogP contribution < -0.4 is 15.4 Å². The number of rotatable bonds is 7. The van der Waals surface area contributed by atoms with Crippen LogP contribution in [-0.4, -0.2) is 38.2 Å². The molecule has 0 spiro atoms. The first-order valence-electron chi connectivity index (χ1n) is 6.85. The van der Waals surface area contributed by atoms with E-state index >= 15 is 0 Å². The van der Waals surface area contributed by atoms with Gasteiger partial charge < -0.3 is 15.4 Å². The van der Waals surface area contributed by atoms with Crippen molar-refractivity contribution < 1.29 is 4.74 Å². The van der Waals surface area contributed by atoms with Crippen molar-refractivity contribution in [3.8, 4) is 5.75 Å². The summed E-state index contributed by atoms with van der Waals surface area (Å²) in [6.45, 7) is 6.58. The molecule has 20 heavy (non-hydrogen) atoms. The normalized spacial score (nSPS) is 11.3. The summed E-state index contributed by atoms with van der Waals surface area (Å²) in [7, 11) is 1.69. The van der Waals surface area contributed by atoms with Crippen LogP contribution in [0.5, 0.6) is 5.75 Å². The Hall–Kier alpha value is -1.36. The molecule has 0 atom stereocenters. The maximum absolute atomic E-state index is 5.27. The van der Waals surface area contributed by atoms with Gasteiger partial charge in [0, 0.05) is 18.8 Å². The van der Waals surface area contributed by atoms with Crippen molar-refractivity contribution in [1.29, 1.82) is 0 Å². The predicted octanol–water partition coefficient (Wildman–Crippen LogP) is 2.42. The highest BCUT2D eigenvalue weighted by molar-refractivity contribution is 7.98. The van der Waals surface area contributed by atoms with Gasteiger partial charge in [-0.05, 0) is 37.3 Å². The molecule has 0 heterocycles. The van der Waals surface area contributed by atoms with Crippen LogP contribution in [0.4, 0.5) is 0 Å². The Morgan fingerprint density at radius 3 is 2.75 bits per heavy atom. The third kappa shape index (κ3) is 5.74. The van der Waals surface area contributed by atoms with Gasteiger partial charge in [-0.3, -0.25) is 0 Å². The molecule has 0 aliphatic heterocycles. The van der Waals surface area contributed by atoms with Crippen molar-refractivity contribution in [2.45, 2.75) is 20.4 Å². The van der Waals surface area contributed by atoms with Crippen LogP contribution in [0.3, 0.4) is 0 Å². The summed E-state index contributed by atoms with van der Waals surface area (Å²) < 4.78 is 5.27. The zero-order valence-corrected chi connectivity index (χ0v) is 13.6. The fourth-order valence-corrected chi connectivity index (χ4v) is 2.13. The Bertz CT molecular complexity index is 435. The lowest BCUT2D eigenvalue weighted by Crippen LogP contribution is -2.38. The van der Waals surface area contributed by atoms with Gasteiger partial charge in [0.05, 0.1) is 13.7 Å². The van der Waals surface area contributed by atoms with Gasteiger partial charge in [0.1, 0.15) is 5.75 Å². The van der Waals surface area contributed by atoms with Gasteiger partial charge in [0.2, 0.25) is 0 Å². The van der Waals surface area contributed by atoms with E-state index in [-0.39, 0.29) is 0 Å². The standard InChI is InChI=1S/C15H25N3OS/c1-5-16-15(17-8-9-20-4)18-11-13-6-7-14(19-3)12(2)10-13/h6-7,10H,5,8-9,11H2,1-4H3,(H2,16,17,18). The number of hydrogen-bond acceptors (Lipinski definition) is 3. The first-order chi connectivity index (χ1) is 9.71. The molecule has 0 saturated heterocycles. The average Bonchev–Trinajstić information content (AvgIpc) is 2.45. The molecule has 112 valence electrons. The number of benzene rings is 1. The molecule has 0 radical (unpaired) electrons. The van der Waals surface area contributed by atoms with E-state index in [2.05, 4.69) is 40.9 Å². The molecule has 0 amide bonds. The van der Waals surface area contributed by atoms with Gasteiger partial charge in [-0.15, -0.1) is 0 Å². The number of aryl methyl sites for hydroxylation is 1. The zero-order valence-electron chi connectivity index (χ0n) is 12.8. The smallest absolute Gasteiger partial charge is 0.191 e. The Morgan fingerprint density at radius 1 is 1.35 bits per heavy atom. The number of guanidine groups is 1. The van der Waals surface area contributed by atoms with Crippen molar-refractivity contribution in [2.24, 2.45) is 4.99 Å². The van der Waals surface area contributed by atoms with Crippen molar-refractivity contribution in [1.82, 2.24) is 10.6 Å². The molecule has 1 aromatic carbocycles. The fraction of sp³-hybridized carbons (Fsp3) is 0.533. The molecule has 0 aliphatic carbocycles. The first-order valence-corrected chi connectivity index (χ1v) is 8.25. The summed E-state index contributed by atoms with van der Waals surface area (Å²) in [5, 5.41) is 6.58. The molecule has 0 bridgehead atoms. The van der Waals surface area contributed by atoms with E-state index in [4.69, 9.17) is 4.74 Å². The number of methoxy groups -OCH3 is 1. The van der Waals surface area contributed by atoms with E-state index in [9.17, 15) is 0 Å². The van der Waals surface area contributed by atoms with Crippen LogP contribution in [-0.2, 0) is 6.54 Å². The first kappa shape index (κ1) is 16.7. The lowest BCUT2D eigenvalue weighted by Gasteiger charge is -2.11. The summed E-state index contributed by atoms with van der Waals surface area (Å²) in [5.41, 5.74) is 2.32. The van der Waals surface area contributed by atoms with Crippen molar-refractivity contribution >= 4 is 17.7 Å². The Morgan fingerprint density at radius 2 is 2.15 bits per heavy atom. The van der Waals surface area contributed by atoms with Crippen molar-refractivity contribution in [3.63, 3.8) is 0 Å². The molecule has 0 saturated carbocycles. The highest BCUT2D eigenvalue weighted by Crippen LogP contribution is 2.18. The van der Waals surface area contributed by atoms with Gasteiger partial charge in [-0.25, -0.2) is 4.99 Å². The van der Waals surface area contributed by atoms with Crippen LogP contribution in [0.25, 0.3) is 0 Å². The molecule has 2 N–H and O–H groups in total. The maximum atomic E-state index is 5.27. The van der Waals surface area contributed by atoms with Crippen LogP contribution in [0.2, 0.25) is 0 Å². The molecular formula is C15H25N3OS. The predicted molar refractivity (Wildman–Crippen MR) is 88.9 cm³/mol. The molecular weight excluding hydrogens is 270 g/mol. The lowest BCUT2D eigenvalue weighted by molar-refractivity contribution is 0.411. The Balaban J connectivity index is 2.63. The SMILES string of the molecule is CCNC(=NCc1ccc(OC)c(C)c1)NCCSC. The molecule has 4 nitrogen and oxygen atoms in total. The van der Waals surface area contributed by atoms with Crippen LogP contribution in [0.1, 0.15) is 18.1 Å². The average molecular weight is 295 g/mol. The summed E-state index contributed by atoms with van der Waals surface area (Å²) in [6, 6.07) is 6.17. The van der Waals surface area contributed by atoms with Gasteiger partial charge in [0.15, 0.2) is 5.96 Å². The molecule has 1 rings (SSSR count). The number of ether oxygens (including phenoxy) is 1. The molecule has 5 heteroatoms. The van der Waals surface area contributed by atoms with E-state index in [0.717, 1.165) is 36.1 Å². The number of hydrogen-bond donors (Lipinski definition) is 2. The second-order valence-corrected chi connectivity index (χ2v) is 5.40. The Labute approximate surface area is 126 Å². The van der Waals surface area contributed by atoms with Gasteiger partial charge >= 0.3 is 0 Å². The minimum Gasteiger partial charge on any atom is -0.496 e. The second-order valence-electron chi connectivity index (χ2n) is 4.42. The highest BCUT2D eigenvalue weighted by Gasteiger charge is 2.01. The zero-order chi connectivity index (χ0) is 14.8. The van der Waals surface area contributed by atoms with Crippen molar-refractivity contribution in [2.75, 3.05) is 32.2 Å². The van der Waals surface area contributed by atoms with E-state index in [0.29, 0.717) is 6.54 Å². The van der Waals surface area contributed by atoms with Crippen LogP contribution in [0, 0.1) is 6.92 Å². The largest absolute Gasteiger partial charge is 0.496 e. The molecule has 0 unspecified atom stereocenters. The second kappa shape index (κ2) is 9.53. The third-order valence-electron chi connectivity index (χ3n) is 2.82. The van der Waals surface area contributed by atoms with Gasteiger partial charge in [-0.1, -0.05) is 12.1 Å². The minimum absolute atomic E-state index is 0.666. The fourth-order valence-electron chi connectivity index (χ4n) is 1.82. The third-order valence-corrected chi connectivity index (χ3v) is 3.43. The summed E-state index contributed by atoms with van der Waals surface area (Å²) in [4.78, 5) is 4.60. The Kier molecular flexibility index (Phi) is 7.95. The number of thioether (sulfide) groups is 1. The topological polar surface area (TPSA) is 45.7 Å². The van der Waals surface area contributed by atoms with Gasteiger partial charge in [-0.2, -0.15) is 11.8 Å². The number of aliphatic imine (C=N–C) groups is 1. The van der Waals surface area contributed by atoms with Crippen LogP contribution in [0.15, 0.2) is 23.2 Å². The quantitative estimate of drug-likeness (QED) is 0.461. The number of nitrogens with one attached hydrogen (secondary N) is 2. The van der Waals surface area contributed by atoms with Gasteiger partial charge in [0.25, 0.3) is 0 Å². The molecule has 0 aliphatic rings. The van der Waals surface area contributed by atoms with Crippen molar-refractivity contribution in [3.05, 3.63) is 29.3 Å². The molecule has 0 aromatic heterocycles.